The van der Waals surface area contributed by atoms with Gasteiger partial charge in [0.05, 0.1) is 12.5 Å². The normalized spacial score (nSPS) is 11.9. The van der Waals surface area contributed by atoms with E-state index in [1.807, 2.05) is 23.6 Å². The zero-order valence-electron chi connectivity index (χ0n) is 11.1. The SMILES string of the molecule is O=C(O)CC(NC(=O)c1cccc(CCl)c1)c1cccs1. The number of thiophene rings is 1. The smallest absolute Gasteiger partial charge is 0.305 e. The van der Waals surface area contributed by atoms with Crippen molar-refractivity contribution in [1.82, 2.24) is 5.32 Å². The summed E-state index contributed by atoms with van der Waals surface area (Å²) in [4.78, 5) is 24.0. The van der Waals surface area contributed by atoms with Crippen molar-refractivity contribution in [3.05, 3.63) is 57.8 Å². The molecule has 0 fully saturated rings. The highest BCUT2D eigenvalue weighted by Crippen LogP contribution is 2.22. The van der Waals surface area contributed by atoms with Gasteiger partial charge in [-0.1, -0.05) is 18.2 Å². The van der Waals surface area contributed by atoms with Crippen molar-refractivity contribution in [1.29, 1.82) is 0 Å². The molecule has 1 unspecified atom stereocenters. The number of rotatable bonds is 6. The summed E-state index contributed by atoms with van der Waals surface area (Å²) in [5.41, 5.74) is 1.32. The molecule has 0 aliphatic rings. The maximum atomic E-state index is 12.3. The largest absolute Gasteiger partial charge is 0.481 e. The Morgan fingerprint density at radius 1 is 1.29 bits per heavy atom. The van der Waals surface area contributed by atoms with E-state index in [1.165, 1.54) is 11.3 Å². The number of aliphatic carboxylic acids is 1. The van der Waals surface area contributed by atoms with Gasteiger partial charge in [-0.2, -0.15) is 0 Å². The maximum Gasteiger partial charge on any atom is 0.305 e. The van der Waals surface area contributed by atoms with Gasteiger partial charge in [-0.3, -0.25) is 9.59 Å². The van der Waals surface area contributed by atoms with Crippen LogP contribution in [0.15, 0.2) is 41.8 Å². The predicted molar refractivity (Wildman–Crippen MR) is 82.8 cm³/mol. The van der Waals surface area contributed by atoms with Gasteiger partial charge in [-0.25, -0.2) is 0 Å². The third-order valence-electron chi connectivity index (χ3n) is 2.91. The highest BCUT2D eigenvalue weighted by molar-refractivity contribution is 7.10. The van der Waals surface area contributed by atoms with Gasteiger partial charge in [0.25, 0.3) is 5.91 Å². The molecule has 1 heterocycles. The van der Waals surface area contributed by atoms with Crippen molar-refractivity contribution < 1.29 is 14.7 Å². The number of alkyl halides is 1. The van der Waals surface area contributed by atoms with E-state index < -0.39 is 12.0 Å². The van der Waals surface area contributed by atoms with Crippen molar-refractivity contribution >= 4 is 34.8 Å². The second kappa shape index (κ2) is 7.24. The van der Waals surface area contributed by atoms with E-state index >= 15 is 0 Å². The van der Waals surface area contributed by atoms with E-state index in [9.17, 15) is 9.59 Å². The first-order valence-corrected chi connectivity index (χ1v) is 7.72. The summed E-state index contributed by atoms with van der Waals surface area (Å²) in [5, 5.41) is 13.6. The molecule has 0 spiro atoms. The summed E-state index contributed by atoms with van der Waals surface area (Å²) in [6, 6.07) is 10.1. The van der Waals surface area contributed by atoms with Crippen molar-refractivity contribution in [2.75, 3.05) is 0 Å². The van der Waals surface area contributed by atoms with Crippen LogP contribution in [0.5, 0.6) is 0 Å². The molecule has 0 saturated heterocycles. The minimum absolute atomic E-state index is 0.151. The number of hydrogen-bond acceptors (Lipinski definition) is 3. The minimum Gasteiger partial charge on any atom is -0.481 e. The molecule has 2 N–H and O–H groups in total. The maximum absolute atomic E-state index is 12.3. The van der Waals surface area contributed by atoms with E-state index in [0.29, 0.717) is 11.4 Å². The van der Waals surface area contributed by atoms with Gasteiger partial charge in [0.1, 0.15) is 0 Å². The van der Waals surface area contributed by atoms with Gasteiger partial charge in [0.15, 0.2) is 0 Å². The Morgan fingerprint density at radius 2 is 2.10 bits per heavy atom. The molecule has 2 rings (SSSR count). The molecule has 4 nitrogen and oxygen atoms in total. The van der Waals surface area contributed by atoms with Crippen LogP contribution in [0.4, 0.5) is 0 Å². The number of amides is 1. The zero-order valence-corrected chi connectivity index (χ0v) is 12.7. The molecule has 0 aliphatic carbocycles. The lowest BCUT2D eigenvalue weighted by Crippen LogP contribution is -2.29. The molecule has 6 heteroatoms. The van der Waals surface area contributed by atoms with Crippen LogP contribution in [0.2, 0.25) is 0 Å². The number of hydrogen-bond donors (Lipinski definition) is 2. The standard InChI is InChI=1S/C15H14ClNO3S/c16-9-10-3-1-4-11(7-10)15(20)17-12(8-14(18)19)13-5-2-6-21-13/h1-7,12H,8-9H2,(H,17,20)(H,18,19). The molecule has 1 amide bonds. The van der Waals surface area contributed by atoms with Crippen molar-refractivity contribution in [3.8, 4) is 0 Å². The van der Waals surface area contributed by atoms with E-state index in [4.69, 9.17) is 16.7 Å². The summed E-state index contributed by atoms with van der Waals surface area (Å²) in [6.45, 7) is 0. The first kappa shape index (κ1) is 15.5. The minimum atomic E-state index is -0.955. The second-order valence-electron chi connectivity index (χ2n) is 4.47. The average Bonchev–Trinajstić information content (AvgIpc) is 3.00. The Labute approximate surface area is 131 Å². The molecule has 1 aromatic heterocycles. The van der Waals surface area contributed by atoms with Crippen LogP contribution in [-0.2, 0) is 10.7 Å². The topological polar surface area (TPSA) is 66.4 Å². The predicted octanol–water partition coefficient (Wildman–Crippen LogP) is 3.43. The van der Waals surface area contributed by atoms with Crippen LogP contribution in [0, 0.1) is 0 Å². The number of carbonyl (C=O) groups is 2. The lowest BCUT2D eigenvalue weighted by molar-refractivity contribution is -0.137. The zero-order chi connectivity index (χ0) is 15.2. The van der Waals surface area contributed by atoms with E-state index in [-0.39, 0.29) is 12.3 Å². The molecular formula is C15H14ClNO3S. The van der Waals surface area contributed by atoms with E-state index in [2.05, 4.69) is 5.32 Å². The van der Waals surface area contributed by atoms with Crippen molar-refractivity contribution in [2.45, 2.75) is 18.3 Å². The van der Waals surface area contributed by atoms with Crippen LogP contribution < -0.4 is 5.32 Å². The Balaban J connectivity index is 2.15. The summed E-state index contributed by atoms with van der Waals surface area (Å²) in [7, 11) is 0. The number of carbonyl (C=O) groups excluding carboxylic acids is 1. The first-order chi connectivity index (χ1) is 10.1. The van der Waals surface area contributed by atoms with Gasteiger partial charge in [-0.15, -0.1) is 22.9 Å². The monoisotopic (exact) mass is 323 g/mol. The van der Waals surface area contributed by atoms with Gasteiger partial charge < -0.3 is 10.4 Å². The fourth-order valence-corrected chi connectivity index (χ4v) is 2.87. The number of benzene rings is 1. The Bertz CT molecular complexity index is 628. The van der Waals surface area contributed by atoms with Crippen LogP contribution in [-0.4, -0.2) is 17.0 Å². The second-order valence-corrected chi connectivity index (χ2v) is 5.72. The molecule has 0 bridgehead atoms. The Morgan fingerprint density at radius 3 is 2.71 bits per heavy atom. The first-order valence-electron chi connectivity index (χ1n) is 6.31. The molecule has 1 atom stereocenters. The highest BCUT2D eigenvalue weighted by atomic mass is 35.5. The van der Waals surface area contributed by atoms with Crippen molar-refractivity contribution in [3.63, 3.8) is 0 Å². The number of carboxylic acids is 1. The van der Waals surface area contributed by atoms with Gasteiger partial charge >= 0.3 is 5.97 Å². The van der Waals surface area contributed by atoms with E-state index in [1.54, 1.807) is 18.2 Å². The molecule has 2 aromatic rings. The molecule has 110 valence electrons. The summed E-state index contributed by atoms with van der Waals surface area (Å²) >= 11 is 7.17. The van der Waals surface area contributed by atoms with Gasteiger partial charge in [0, 0.05) is 16.3 Å². The molecule has 21 heavy (non-hydrogen) atoms. The highest BCUT2D eigenvalue weighted by Gasteiger charge is 2.19. The van der Waals surface area contributed by atoms with Crippen LogP contribution >= 0.6 is 22.9 Å². The van der Waals surface area contributed by atoms with Gasteiger partial charge in [0.2, 0.25) is 0 Å². The quantitative estimate of drug-likeness (QED) is 0.800. The average molecular weight is 324 g/mol. The summed E-state index contributed by atoms with van der Waals surface area (Å²) < 4.78 is 0. The lowest BCUT2D eigenvalue weighted by atomic mass is 10.1. The number of nitrogens with one attached hydrogen (secondary N) is 1. The number of carboxylic acid groups (broad SMARTS) is 1. The Kier molecular flexibility index (Phi) is 5.36. The van der Waals surface area contributed by atoms with Crippen molar-refractivity contribution in [2.24, 2.45) is 0 Å². The molecule has 0 radical (unpaired) electrons. The Hall–Kier alpha value is -1.85. The van der Waals surface area contributed by atoms with Gasteiger partial charge in [-0.05, 0) is 29.1 Å². The number of halogens is 1. The van der Waals surface area contributed by atoms with Crippen LogP contribution in [0.1, 0.15) is 33.3 Å². The lowest BCUT2D eigenvalue weighted by Gasteiger charge is -2.15. The van der Waals surface area contributed by atoms with Crippen LogP contribution in [0.3, 0.4) is 0 Å². The third-order valence-corrected chi connectivity index (χ3v) is 4.21. The fraction of sp³-hybridized carbons (Fsp3) is 0.200. The van der Waals surface area contributed by atoms with Crippen LogP contribution in [0.25, 0.3) is 0 Å². The molecular weight excluding hydrogens is 310 g/mol. The molecule has 1 aromatic carbocycles. The third kappa shape index (κ3) is 4.31. The molecule has 0 aliphatic heterocycles. The summed E-state index contributed by atoms with van der Waals surface area (Å²) in [5.74, 6) is -0.935. The van der Waals surface area contributed by atoms with E-state index in [0.717, 1.165) is 10.4 Å². The summed E-state index contributed by atoms with van der Waals surface area (Å²) in [6.07, 6.45) is -0.151. The molecule has 0 saturated carbocycles. The fourth-order valence-electron chi connectivity index (χ4n) is 1.92.